The maximum absolute atomic E-state index is 13.2. The number of rotatable bonds is 6. The van der Waals surface area contributed by atoms with Crippen LogP contribution in [0.3, 0.4) is 0 Å². The Morgan fingerprint density at radius 3 is 2.42 bits per heavy atom. The van der Waals surface area contributed by atoms with Crippen molar-refractivity contribution in [1.29, 1.82) is 0 Å². The van der Waals surface area contributed by atoms with Gasteiger partial charge in [-0.2, -0.15) is 23.4 Å². The molecule has 0 bridgehead atoms. The van der Waals surface area contributed by atoms with E-state index in [2.05, 4.69) is 15.3 Å². The molecule has 0 saturated heterocycles. The lowest BCUT2D eigenvalue weighted by Crippen LogP contribution is -2.11. The lowest BCUT2D eigenvalue weighted by Gasteiger charge is -2.04. The number of aryl methyl sites for hydroxylation is 1. The van der Waals surface area contributed by atoms with E-state index in [4.69, 9.17) is 9.84 Å². The third kappa shape index (κ3) is 4.39. The molecular weight excluding hydrogens is 325 g/mol. The van der Waals surface area contributed by atoms with E-state index in [1.165, 1.54) is 6.92 Å². The van der Waals surface area contributed by atoms with Gasteiger partial charge in [-0.3, -0.25) is 0 Å². The molecule has 2 aromatic rings. The number of aliphatic hydroxyl groups is 1. The molecule has 1 heterocycles. The second-order valence-corrected chi connectivity index (χ2v) is 5.08. The molecule has 1 aromatic heterocycles. The molecule has 9 heteroatoms. The van der Waals surface area contributed by atoms with Gasteiger partial charge in [0.2, 0.25) is 0 Å². The summed E-state index contributed by atoms with van der Waals surface area (Å²) in [6.45, 7) is 2.90. The van der Waals surface area contributed by atoms with Crippen molar-refractivity contribution >= 4 is 11.4 Å². The first-order chi connectivity index (χ1) is 11.3. The van der Waals surface area contributed by atoms with E-state index in [0.29, 0.717) is 5.69 Å². The number of aliphatic hydroxyl groups excluding tert-OH is 1. The molecule has 0 amide bonds. The second kappa shape index (κ2) is 7.54. The predicted molar refractivity (Wildman–Crippen MR) is 80.4 cm³/mol. The molecule has 0 spiro atoms. The molecule has 1 N–H and O–H groups in total. The fraction of sp³-hybridized carbons (Fsp3) is 0.400. The minimum atomic E-state index is -4.66. The summed E-state index contributed by atoms with van der Waals surface area (Å²) in [6.07, 6.45) is -4.66. The number of alkyl halides is 3. The highest BCUT2D eigenvalue weighted by Crippen LogP contribution is 2.38. The van der Waals surface area contributed by atoms with Crippen LogP contribution in [0.2, 0.25) is 0 Å². The minimum absolute atomic E-state index is 0.000862. The van der Waals surface area contributed by atoms with Crippen molar-refractivity contribution in [3.63, 3.8) is 0 Å². The smallest absolute Gasteiger partial charge is 0.394 e. The summed E-state index contributed by atoms with van der Waals surface area (Å²) >= 11 is 0. The maximum atomic E-state index is 13.2. The summed E-state index contributed by atoms with van der Waals surface area (Å²) < 4.78 is 45.5. The zero-order valence-corrected chi connectivity index (χ0v) is 13.2. The van der Waals surface area contributed by atoms with Crippen molar-refractivity contribution in [3.05, 3.63) is 41.2 Å². The highest BCUT2D eigenvalue weighted by molar-refractivity contribution is 5.49. The first kappa shape index (κ1) is 18.1. The third-order valence-corrected chi connectivity index (χ3v) is 3.19. The lowest BCUT2D eigenvalue weighted by molar-refractivity contribution is -0.141. The molecule has 2 rings (SSSR count). The van der Waals surface area contributed by atoms with Crippen molar-refractivity contribution in [2.24, 2.45) is 10.2 Å². The van der Waals surface area contributed by atoms with E-state index in [-0.39, 0.29) is 31.3 Å². The number of hydrogen-bond acceptors (Lipinski definition) is 5. The average molecular weight is 342 g/mol. The van der Waals surface area contributed by atoms with Crippen molar-refractivity contribution < 1.29 is 23.0 Å². The van der Waals surface area contributed by atoms with E-state index in [0.717, 1.165) is 10.2 Å². The van der Waals surface area contributed by atoms with Crippen LogP contribution >= 0.6 is 0 Å². The molecule has 0 unspecified atom stereocenters. The van der Waals surface area contributed by atoms with E-state index < -0.39 is 11.9 Å². The SMILES string of the molecule is Cc1ccc(N=Nc2c(C(F)(F)F)nn(COCCO)c2C)cc1. The molecule has 0 saturated carbocycles. The van der Waals surface area contributed by atoms with Crippen molar-refractivity contribution in [3.8, 4) is 0 Å². The van der Waals surface area contributed by atoms with Gasteiger partial charge in [-0.25, -0.2) is 4.68 Å². The molecular formula is C15H17F3N4O2. The standard InChI is InChI=1S/C15H17F3N4O2/c1-10-3-5-12(6-4-10)19-20-13-11(2)22(9-24-8-7-23)21-14(13)15(16,17)18/h3-6,23H,7-9H2,1-2H3. The van der Waals surface area contributed by atoms with Gasteiger partial charge in [0.25, 0.3) is 0 Å². The number of benzene rings is 1. The third-order valence-electron chi connectivity index (χ3n) is 3.19. The highest BCUT2D eigenvalue weighted by atomic mass is 19.4. The summed E-state index contributed by atoms with van der Waals surface area (Å²) in [4.78, 5) is 0. The van der Waals surface area contributed by atoms with Gasteiger partial charge in [0, 0.05) is 0 Å². The van der Waals surface area contributed by atoms with Gasteiger partial charge >= 0.3 is 6.18 Å². The molecule has 0 aliphatic rings. The zero-order chi connectivity index (χ0) is 17.7. The van der Waals surface area contributed by atoms with Crippen LogP contribution in [0.4, 0.5) is 24.5 Å². The van der Waals surface area contributed by atoms with Crippen molar-refractivity contribution in [2.75, 3.05) is 13.2 Å². The van der Waals surface area contributed by atoms with Crippen LogP contribution in [-0.4, -0.2) is 28.1 Å². The number of azo groups is 1. The summed E-state index contributed by atoms with van der Waals surface area (Å²) in [5.41, 5.74) is 0.155. The highest BCUT2D eigenvalue weighted by Gasteiger charge is 2.39. The number of ether oxygens (including phenoxy) is 1. The Morgan fingerprint density at radius 2 is 1.83 bits per heavy atom. The summed E-state index contributed by atoms with van der Waals surface area (Å²) in [6, 6.07) is 6.91. The van der Waals surface area contributed by atoms with Crippen LogP contribution in [0.15, 0.2) is 34.5 Å². The van der Waals surface area contributed by atoms with Gasteiger partial charge in [0.1, 0.15) is 12.4 Å². The maximum Gasteiger partial charge on any atom is 0.437 e. The molecule has 0 aliphatic carbocycles. The normalized spacial score (nSPS) is 12.2. The molecule has 24 heavy (non-hydrogen) atoms. The number of aromatic nitrogens is 2. The second-order valence-electron chi connectivity index (χ2n) is 5.08. The molecule has 0 atom stereocenters. The van der Waals surface area contributed by atoms with Gasteiger partial charge in [0.15, 0.2) is 5.69 Å². The average Bonchev–Trinajstić information content (AvgIpc) is 2.84. The Morgan fingerprint density at radius 1 is 1.17 bits per heavy atom. The van der Waals surface area contributed by atoms with Crippen LogP contribution < -0.4 is 0 Å². The fourth-order valence-corrected chi connectivity index (χ4v) is 1.91. The molecule has 0 fully saturated rings. The van der Waals surface area contributed by atoms with Crippen LogP contribution in [-0.2, 0) is 17.6 Å². The van der Waals surface area contributed by atoms with Crippen LogP contribution in [0.1, 0.15) is 17.0 Å². The summed E-state index contributed by atoms with van der Waals surface area (Å²) in [5, 5.41) is 19.8. The van der Waals surface area contributed by atoms with Gasteiger partial charge in [-0.05, 0) is 26.0 Å². The van der Waals surface area contributed by atoms with Gasteiger partial charge in [-0.1, -0.05) is 17.7 Å². The zero-order valence-electron chi connectivity index (χ0n) is 13.2. The van der Waals surface area contributed by atoms with E-state index in [1.807, 2.05) is 6.92 Å². The Balaban J connectivity index is 2.33. The molecule has 0 aliphatic heterocycles. The topological polar surface area (TPSA) is 72.0 Å². The number of halogens is 3. The molecule has 130 valence electrons. The van der Waals surface area contributed by atoms with Gasteiger partial charge in [-0.15, -0.1) is 5.11 Å². The largest absolute Gasteiger partial charge is 0.437 e. The Kier molecular flexibility index (Phi) is 5.68. The number of nitrogens with zero attached hydrogens (tertiary/aromatic N) is 4. The monoisotopic (exact) mass is 342 g/mol. The number of hydrogen-bond donors (Lipinski definition) is 1. The first-order valence-corrected chi connectivity index (χ1v) is 7.14. The van der Waals surface area contributed by atoms with Crippen molar-refractivity contribution in [1.82, 2.24) is 9.78 Å². The van der Waals surface area contributed by atoms with E-state index in [9.17, 15) is 13.2 Å². The fourth-order valence-electron chi connectivity index (χ4n) is 1.91. The summed E-state index contributed by atoms with van der Waals surface area (Å²) in [7, 11) is 0. The van der Waals surface area contributed by atoms with Crippen LogP contribution in [0, 0.1) is 13.8 Å². The molecule has 6 nitrogen and oxygen atoms in total. The van der Waals surface area contributed by atoms with E-state index in [1.54, 1.807) is 24.3 Å². The summed E-state index contributed by atoms with van der Waals surface area (Å²) in [5.74, 6) is 0. The lowest BCUT2D eigenvalue weighted by atomic mass is 10.2. The van der Waals surface area contributed by atoms with Crippen LogP contribution in [0.25, 0.3) is 0 Å². The van der Waals surface area contributed by atoms with Crippen LogP contribution in [0.5, 0.6) is 0 Å². The molecule has 0 radical (unpaired) electrons. The van der Waals surface area contributed by atoms with Crippen molar-refractivity contribution in [2.45, 2.75) is 26.8 Å². The quantitative estimate of drug-likeness (QED) is 0.639. The van der Waals surface area contributed by atoms with E-state index >= 15 is 0 Å². The Labute approximate surface area is 136 Å². The van der Waals surface area contributed by atoms with Gasteiger partial charge in [0.05, 0.1) is 24.6 Å². The molecule has 1 aromatic carbocycles. The van der Waals surface area contributed by atoms with Gasteiger partial charge < -0.3 is 9.84 Å². The predicted octanol–water partition coefficient (Wildman–Crippen LogP) is 3.90. The Hall–Kier alpha value is -2.26. The first-order valence-electron chi connectivity index (χ1n) is 7.14. The minimum Gasteiger partial charge on any atom is -0.394 e. The Bertz CT molecular complexity index is 709.